The number of hydrogen-bond donors (Lipinski definition) is 0. The average Bonchev–Trinajstić information content (AvgIpc) is 3.74. The molecular weight excluding hydrogens is 526 g/mol. The molecule has 40 heavy (non-hydrogen) atoms. The largest absolute Gasteiger partial charge is 0.495 e. The maximum absolute atomic E-state index is 14.0. The van der Waals surface area contributed by atoms with Gasteiger partial charge in [0.2, 0.25) is 5.91 Å². The van der Waals surface area contributed by atoms with E-state index in [-0.39, 0.29) is 24.2 Å². The number of halogens is 1. The predicted molar refractivity (Wildman–Crippen MR) is 152 cm³/mol. The van der Waals surface area contributed by atoms with Crippen molar-refractivity contribution in [2.45, 2.75) is 50.6 Å². The highest BCUT2D eigenvalue weighted by Gasteiger charge is 2.38. The number of carbonyl (C=O) groups excluding carboxylic acids is 2. The van der Waals surface area contributed by atoms with Gasteiger partial charge in [0.1, 0.15) is 5.75 Å². The van der Waals surface area contributed by atoms with Crippen molar-refractivity contribution in [3.63, 3.8) is 0 Å². The normalized spacial score (nSPS) is 16.8. The summed E-state index contributed by atoms with van der Waals surface area (Å²) in [6.07, 6.45) is 7.78. The van der Waals surface area contributed by atoms with Crippen molar-refractivity contribution in [2.24, 2.45) is 0 Å². The van der Waals surface area contributed by atoms with Crippen LogP contribution in [0.5, 0.6) is 5.75 Å². The number of ketones is 1. The van der Waals surface area contributed by atoms with E-state index >= 15 is 0 Å². The molecule has 2 aromatic heterocycles. The Labute approximate surface area is 238 Å². The lowest BCUT2D eigenvalue weighted by Gasteiger charge is -2.31. The summed E-state index contributed by atoms with van der Waals surface area (Å²) < 4.78 is 7.18. The van der Waals surface area contributed by atoms with Crippen molar-refractivity contribution < 1.29 is 14.3 Å². The molecule has 2 aliphatic rings. The van der Waals surface area contributed by atoms with E-state index in [9.17, 15) is 9.59 Å². The molecule has 2 heterocycles. The van der Waals surface area contributed by atoms with Crippen LogP contribution in [0, 0.1) is 0 Å². The Balaban J connectivity index is 1.33. The second-order valence-electron chi connectivity index (χ2n) is 10.3. The summed E-state index contributed by atoms with van der Waals surface area (Å²) in [5.74, 6) is 1.42. The van der Waals surface area contributed by atoms with Crippen molar-refractivity contribution in [3.05, 3.63) is 83.1 Å². The van der Waals surface area contributed by atoms with Gasteiger partial charge in [-0.3, -0.25) is 14.6 Å². The molecule has 204 valence electrons. The monoisotopic (exact) mass is 555 g/mol. The Morgan fingerprint density at radius 2 is 1.85 bits per heavy atom. The van der Waals surface area contributed by atoms with Crippen molar-refractivity contribution in [1.29, 1.82) is 0 Å². The zero-order chi connectivity index (χ0) is 27.6. The number of fused-ring (bicyclic) bond motifs is 1. The van der Waals surface area contributed by atoms with Crippen LogP contribution in [0.3, 0.4) is 0 Å². The topological polar surface area (TPSA) is 90.2 Å². The smallest absolute Gasteiger partial charge is 0.230 e. The van der Waals surface area contributed by atoms with E-state index < -0.39 is 5.92 Å². The van der Waals surface area contributed by atoms with E-state index in [1.807, 2.05) is 64.2 Å². The average molecular weight is 556 g/mol. The van der Waals surface area contributed by atoms with Crippen LogP contribution < -0.4 is 4.74 Å². The third-order valence-corrected chi connectivity index (χ3v) is 8.24. The Kier molecular flexibility index (Phi) is 7.34. The number of nitrogens with zero attached hydrogens (tertiary/aromatic N) is 5. The molecule has 2 aliphatic carbocycles. The number of amides is 1. The summed E-state index contributed by atoms with van der Waals surface area (Å²) in [5.41, 5.74) is 3.16. The molecule has 1 atom stereocenters. The third kappa shape index (κ3) is 4.99. The molecule has 1 unspecified atom stereocenters. The molecule has 1 amide bonds. The van der Waals surface area contributed by atoms with Gasteiger partial charge in [0, 0.05) is 48.1 Å². The molecular formula is C31H30ClN5O3. The number of hydrogen-bond acceptors (Lipinski definition) is 6. The summed E-state index contributed by atoms with van der Waals surface area (Å²) in [6.45, 7) is 0.911. The zero-order valence-corrected chi connectivity index (χ0v) is 23.1. The molecule has 2 aromatic carbocycles. The predicted octanol–water partition coefficient (Wildman–Crippen LogP) is 5.81. The van der Waals surface area contributed by atoms with Crippen LogP contribution >= 0.6 is 11.6 Å². The minimum absolute atomic E-state index is 0.0220. The van der Waals surface area contributed by atoms with Crippen LogP contribution in [-0.4, -0.2) is 56.0 Å². The fourth-order valence-electron chi connectivity index (χ4n) is 5.91. The van der Waals surface area contributed by atoms with Crippen LogP contribution in [0.15, 0.2) is 67.0 Å². The maximum Gasteiger partial charge on any atom is 0.230 e. The van der Waals surface area contributed by atoms with Gasteiger partial charge in [-0.25, -0.2) is 9.67 Å². The van der Waals surface area contributed by atoms with E-state index in [1.54, 1.807) is 19.5 Å². The quantitative estimate of drug-likeness (QED) is 0.272. The fraction of sp³-hybridized carbons (Fsp3) is 0.323. The summed E-state index contributed by atoms with van der Waals surface area (Å²) in [5, 5.41) is 5.32. The van der Waals surface area contributed by atoms with Crippen molar-refractivity contribution in [1.82, 2.24) is 24.6 Å². The van der Waals surface area contributed by atoms with Gasteiger partial charge in [-0.05, 0) is 48.7 Å². The molecule has 0 spiro atoms. The van der Waals surface area contributed by atoms with Crippen LogP contribution in [0.4, 0.5) is 0 Å². The molecule has 0 N–H and O–H groups in total. The van der Waals surface area contributed by atoms with Crippen molar-refractivity contribution >= 4 is 23.3 Å². The first-order valence-corrected chi connectivity index (χ1v) is 14.0. The van der Waals surface area contributed by atoms with Crippen LogP contribution in [0.1, 0.15) is 53.9 Å². The molecule has 4 aromatic rings. The molecule has 6 rings (SSSR count). The number of methoxy groups -OCH3 is 1. The fourth-order valence-corrected chi connectivity index (χ4v) is 6.17. The maximum atomic E-state index is 14.0. The number of rotatable bonds is 8. The zero-order valence-electron chi connectivity index (χ0n) is 22.3. The summed E-state index contributed by atoms with van der Waals surface area (Å²) in [6, 6.07) is 16.9. The third-order valence-electron chi connectivity index (χ3n) is 7.95. The van der Waals surface area contributed by atoms with Gasteiger partial charge in [-0.15, -0.1) is 0 Å². The minimum atomic E-state index is -0.438. The van der Waals surface area contributed by atoms with Crippen molar-refractivity contribution in [3.8, 4) is 28.5 Å². The van der Waals surface area contributed by atoms with Crippen LogP contribution in [0.2, 0.25) is 5.02 Å². The van der Waals surface area contributed by atoms with Gasteiger partial charge in [0.15, 0.2) is 17.4 Å². The number of aromatic nitrogens is 4. The van der Waals surface area contributed by atoms with Crippen molar-refractivity contribution in [2.75, 3.05) is 13.7 Å². The highest BCUT2D eigenvalue weighted by Crippen LogP contribution is 2.37. The van der Waals surface area contributed by atoms with E-state index in [0.717, 1.165) is 42.4 Å². The standard InChI is InChI=1S/C31H30ClN5O3/c1-40-28-11-10-21(18-26(28)32)30-34-29(20-12-14-33-15-13-20)35-37(30)17-16-36(22-6-2-3-7-22)31(39)25-19-27(38)24-9-5-4-8-23(24)25/h4-5,8-15,18,22,25H,2-3,6-7,16-17,19H2,1H3. The number of carbonyl (C=O) groups is 2. The Morgan fingerprint density at radius 1 is 1.07 bits per heavy atom. The molecule has 9 heteroatoms. The molecule has 0 radical (unpaired) electrons. The Hall–Kier alpha value is -4.04. The number of benzene rings is 2. The highest BCUT2D eigenvalue weighted by atomic mass is 35.5. The molecule has 0 saturated heterocycles. The highest BCUT2D eigenvalue weighted by molar-refractivity contribution is 6.32. The SMILES string of the molecule is COc1ccc(-c2nc(-c3ccncc3)nn2CCN(C(=O)C2CC(=O)c3ccccc32)C2CCCC2)cc1Cl. The van der Waals surface area contributed by atoms with Crippen LogP contribution in [-0.2, 0) is 11.3 Å². The number of pyridine rings is 1. The summed E-state index contributed by atoms with van der Waals surface area (Å²) in [7, 11) is 1.58. The van der Waals surface area contributed by atoms with E-state index in [4.69, 9.17) is 26.4 Å². The Morgan fingerprint density at radius 3 is 2.60 bits per heavy atom. The van der Waals surface area contributed by atoms with E-state index in [2.05, 4.69) is 4.98 Å². The van der Waals surface area contributed by atoms with Gasteiger partial charge in [-0.1, -0.05) is 48.7 Å². The first-order valence-electron chi connectivity index (χ1n) is 13.6. The van der Waals surface area contributed by atoms with Gasteiger partial charge in [-0.2, -0.15) is 5.10 Å². The first kappa shape index (κ1) is 26.2. The minimum Gasteiger partial charge on any atom is -0.495 e. The molecule has 0 bridgehead atoms. The molecule has 1 fully saturated rings. The second-order valence-corrected chi connectivity index (χ2v) is 10.7. The number of ether oxygens (including phenoxy) is 1. The number of Topliss-reactive ketones (excluding diaryl/α,β-unsaturated/α-hetero) is 1. The second kappa shape index (κ2) is 11.2. The first-order chi connectivity index (χ1) is 19.5. The lowest BCUT2D eigenvalue weighted by Crippen LogP contribution is -2.43. The van der Waals surface area contributed by atoms with Gasteiger partial charge in [0.25, 0.3) is 0 Å². The van der Waals surface area contributed by atoms with Gasteiger partial charge in [0.05, 0.1) is 24.6 Å². The van der Waals surface area contributed by atoms with Gasteiger partial charge < -0.3 is 9.64 Å². The molecule has 1 saturated carbocycles. The lowest BCUT2D eigenvalue weighted by atomic mass is 9.98. The van der Waals surface area contributed by atoms with Crippen LogP contribution in [0.25, 0.3) is 22.8 Å². The summed E-state index contributed by atoms with van der Waals surface area (Å²) >= 11 is 6.47. The molecule has 0 aliphatic heterocycles. The van der Waals surface area contributed by atoms with E-state index in [0.29, 0.717) is 41.1 Å². The summed E-state index contributed by atoms with van der Waals surface area (Å²) in [4.78, 5) is 37.7. The van der Waals surface area contributed by atoms with Gasteiger partial charge >= 0.3 is 0 Å². The molecule has 8 nitrogen and oxygen atoms in total. The Bertz CT molecular complexity index is 1550. The van der Waals surface area contributed by atoms with E-state index in [1.165, 1.54) is 0 Å². The lowest BCUT2D eigenvalue weighted by molar-refractivity contribution is -0.135.